The van der Waals surface area contributed by atoms with Crippen molar-refractivity contribution >= 4 is 11.9 Å². The lowest BCUT2D eigenvalue weighted by Crippen LogP contribution is -2.50. The van der Waals surface area contributed by atoms with Crippen LogP contribution in [0.1, 0.15) is 41.0 Å². The molecule has 2 rings (SSSR count). The number of carbonyl (C=O) groups is 2. The van der Waals surface area contributed by atoms with Crippen LogP contribution in [0.2, 0.25) is 0 Å². The van der Waals surface area contributed by atoms with Gasteiger partial charge in [0.15, 0.2) is 11.6 Å². The molecule has 1 aromatic carbocycles. The van der Waals surface area contributed by atoms with E-state index < -0.39 is 40.2 Å². The summed E-state index contributed by atoms with van der Waals surface area (Å²) in [4.78, 5) is 23.3. The van der Waals surface area contributed by atoms with Crippen LogP contribution in [0.3, 0.4) is 0 Å². The van der Waals surface area contributed by atoms with Crippen molar-refractivity contribution in [1.82, 2.24) is 5.32 Å². The van der Waals surface area contributed by atoms with Gasteiger partial charge in [-0.25, -0.2) is 13.6 Å². The Bertz CT molecular complexity index is 605. The van der Waals surface area contributed by atoms with Gasteiger partial charge in [-0.2, -0.15) is 0 Å². The first-order valence-electron chi connectivity index (χ1n) is 6.41. The minimum absolute atomic E-state index is 0.264. The van der Waals surface area contributed by atoms with E-state index in [-0.39, 0.29) is 6.10 Å². The molecule has 2 N–H and O–H groups in total. The molecule has 114 valence electrons. The molecule has 1 saturated heterocycles. The Kier molecular flexibility index (Phi) is 3.95. The minimum atomic E-state index is -1.50. The SMILES string of the molecule is CC1OCCC1(C)NC(=O)c1cc(F)c(F)cc1C(=O)O. The van der Waals surface area contributed by atoms with E-state index in [1.54, 1.807) is 13.8 Å². The maximum Gasteiger partial charge on any atom is 0.336 e. The number of carboxylic acid groups (broad SMARTS) is 1. The van der Waals surface area contributed by atoms with Crippen molar-refractivity contribution < 1.29 is 28.2 Å². The number of hydrogen-bond acceptors (Lipinski definition) is 3. The number of aromatic carboxylic acids is 1. The standard InChI is InChI=1S/C14H15F2NO4/c1-7-14(2,3-4-21-7)17-12(18)8-5-10(15)11(16)6-9(8)13(19)20/h5-7H,3-4H2,1-2H3,(H,17,18)(H,19,20). The third-order valence-electron chi connectivity index (χ3n) is 3.82. The number of amides is 1. The monoisotopic (exact) mass is 299 g/mol. The van der Waals surface area contributed by atoms with E-state index in [9.17, 15) is 18.4 Å². The summed E-state index contributed by atoms with van der Waals surface area (Å²) in [6.07, 6.45) is 0.284. The van der Waals surface area contributed by atoms with E-state index in [4.69, 9.17) is 9.84 Å². The van der Waals surface area contributed by atoms with Gasteiger partial charge in [0.25, 0.3) is 5.91 Å². The van der Waals surface area contributed by atoms with Gasteiger partial charge in [0.1, 0.15) is 0 Å². The topological polar surface area (TPSA) is 75.6 Å². The molecule has 1 aliphatic heterocycles. The van der Waals surface area contributed by atoms with Crippen LogP contribution in [0.5, 0.6) is 0 Å². The number of hydrogen-bond donors (Lipinski definition) is 2. The molecule has 0 radical (unpaired) electrons. The van der Waals surface area contributed by atoms with Crippen molar-refractivity contribution in [1.29, 1.82) is 0 Å². The van der Waals surface area contributed by atoms with Crippen LogP contribution in [-0.4, -0.2) is 35.2 Å². The predicted octanol–water partition coefficient (Wildman–Crippen LogP) is 1.96. The van der Waals surface area contributed by atoms with Gasteiger partial charge in [-0.3, -0.25) is 4.79 Å². The van der Waals surface area contributed by atoms with Crippen LogP contribution in [0, 0.1) is 11.6 Å². The van der Waals surface area contributed by atoms with Crippen LogP contribution in [0.4, 0.5) is 8.78 Å². The summed E-state index contributed by atoms with van der Waals surface area (Å²) < 4.78 is 31.8. The molecule has 2 atom stereocenters. The van der Waals surface area contributed by atoms with Gasteiger partial charge < -0.3 is 15.2 Å². The molecule has 0 spiro atoms. The zero-order chi connectivity index (χ0) is 15.8. The van der Waals surface area contributed by atoms with Gasteiger partial charge in [-0.15, -0.1) is 0 Å². The number of nitrogens with one attached hydrogen (secondary N) is 1. The summed E-state index contributed by atoms with van der Waals surface area (Å²) in [6, 6.07) is 1.10. The Hall–Kier alpha value is -2.02. The number of carboxylic acids is 1. The zero-order valence-electron chi connectivity index (χ0n) is 11.6. The highest BCUT2D eigenvalue weighted by molar-refractivity contribution is 6.05. The normalized spacial score (nSPS) is 24.9. The summed E-state index contributed by atoms with van der Waals surface area (Å²) in [6.45, 7) is 3.99. The third-order valence-corrected chi connectivity index (χ3v) is 3.82. The third kappa shape index (κ3) is 2.87. The Labute approximate surface area is 119 Å². The first-order chi connectivity index (χ1) is 9.74. The van der Waals surface area contributed by atoms with Crippen LogP contribution >= 0.6 is 0 Å². The van der Waals surface area contributed by atoms with E-state index in [2.05, 4.69) is 5.32 Å². The summed E-state index contributed by atoms with van der Waals surface area (Å²) in [7, 11) is 0. The van der Waals surface area contributed by atoms with Crippen molar-refractivity contribution in [3.05, 3.63) is 34.9 Å². The van der Waals surface area contributed by atoms with Crippen molar-refractivity contribution in [3.8, 4) is 0 Å². The van der Waals surface area contributed by atoms with Crippen LogP contribution in [0.25, 0.3) is 0 Å². The maximum atomic E-state index is 13.3. The van der Waals surface area contributed by atoms with E-state index in [0.717, 1.165) is 0 Å². The molecule has 0 aliphatic carbocycles. The largest absolute Gasteiger partial charge is 0.478 e. The smallest absolute Gasteiger partial charge is 0.336 e. The number of halogens is 2. The van der Waals surface area contributed by atoms with Crippen molar-refractivity contribution in [2.75, 3.05) is 6.61 Å². The predicted molar refractivity (Wildman–Crippen MR) is 69.2 cm³/mol. The lowest BCUT2D eigenvalue weighted by Gasteiger charge is -2.29. The fourth-order valence-electron chi connectivity index (χ4n) is 2.24. The summed E-state index contributed by atoms with van der Waals surface area (Å²) in [5.41, 5.74) is -1.68. The molecule has 1 heterocycles. The van der Waals surface area contributed by atoms with E-state index in [1.807, 2.05) is 0 Å². The lowest BCUT2D eigenvalue weighted by molar-refractivity contribution is 0.0676. The van der Waals surface area contributed by atoms with Gasteiger partial charge in [0.2, 0.25) is 0 Å². The summed E-state index contributed by atoms with van der Waals surface area (Å²) in [5, 5.41) is 11.7. The van der Waals surface area contributed by atoms with E-state index in [0.29, 0.717) is 25.2 Å². The van der Waals surface area contributed by atoms with Crippen molar-refractivity contribution in [2.24, 2.45) is 0 Å². The molecule has 1 aliphatic rings. The van der Waals surface area contributed by atoms with Gasteiger partial charge in [-0.05, 0) is 32.4 Å². The van der Waals surface area contributed by atoms with Crippen LogP contribution in [-0.2, 0) is 4.74 Å². The quantitative estimate of drug-likeness (QED) is 0.894. The van der Waals surface area contributed by atoms with E-state index >= 15 is 0 Å². The zero-order valence-corrected chi connectivity index (χ0v) is 11.6. The highest BCUT2D eigenvalue weighted by atomic mass is 19.2. The second-order valence-corrected chi connectivity index (χ2v) is 5.25. The highest BCUT2D eigenvalue weighted by Gasteiger charge is 2.39. The second-order valence-electron chi connectivity index (χ2n) is 5.25. The Morgan fingerprint density at radius 1 is 1.33 bits per heavy atom. The summed E-state index contributed by atoms with van der Waals surface area (Å²) in [5.74, 6) is -4.86. The van der Waals surface area contributed by atoms with E-state index in [1.165, 1.54) is 0 Å². The van der Waals surface area contributed by atoms with Gasteiger partial charge in [0.05, 0.1) is 22.8 Å². The van der Waals surface area contributed by atoms with Crippen LogP contribution < -0.4 is 5.32 Å². The average molecular weight is 299 g/mol. The molecule has 21 heavy (non-hydrogen) atoms. The van der Waals surface area contributed by atoms with Crippen molar-refractivity contribution in [2.45, 2.75) is 31.9 Å². The first-order valence-corrected chi connectivity index (χ1v) is 6.41. The van der Waals surface area contributed by atoms with Crippen molar-refractivity contribution in [3.63, 3.8) is 0 Å². The molecule has 0 bridgehead atoms. The Morgan fingerprint density at radius 3 is 2.38 bits per heavy atom. The molecule has 1 fully saturated rings. The Balaban J connectivity index is 2.35. The molecule has 2 unspecified atom stereocenters. The average Bonchev–Trinajstić information content (AvgIpc) is 2.71. The molecule has 1 amide bonds. The molecule has 1 aromatic rings. The molecular formula is C14H15F2NO4. The molecule has 0 saturated carbocycles. The Morgan fingerprint density at radius 2 is 1.90 bits per heavy atom. The van der Waals surface area contributed by atoms with Gasteiger partial charge >= 0.3 is 5.97 Å². The number of ether oxygens (including phenoxy) is 1. The van der Waals surface area contributed by atoms with Gasteiger partial charge in [-0.1, -0.05) is 0 Å². The molecular weight excluding hydrogens is 284 g/mol. The highest BCUT2D eigenvalue weighted by Crippen LogP contribution is 2.26. The minimum Gasteiger partial charge on any atom is -0.478 e. The van der Waals surface area contributed by atoms with Gasteiger partial charge in [0, 0.05) is 6.61 Å². The molecule has 5 nitrogen and oxygen atoms in total. The van der Waals surface area contributed by atoms with Crippen LogP contribution in [0.15, 0.2) is 12.1 Å². The summed E-state index contributed by atoms with van der Waals surface area (Å²) >= 11 is 0. The number of benzene rings is 1. The second kappa shape index (κ2) is 5.40. The fraction of sp³-hybridized carbons (Fsp3) is 0.429. The number of rotatable bonds is 3. The first kappa shape index (κ1) is 15.4. The lowest BCUT2D eigenvalue weighted by atomic mass is 9.93. The maximum absolute atomic E-state index is 13.3. The molecule has 0 aromatic heterocycles. The number of carbonyl (C=O) groups excluding carboxylic acids is 1. The fourth-order valence-corrected chi connectivity index (χ4v) is 2.24. The molecule has 7 heteroatoms.